The molecule has 108 valence electrons. The molecule has 2 aromatic rings. The van der Waals surface area contributed by atoms with Crippen molar-refractivity contribution in [3.63, 3.8) is 0 Å². The van der Waals surface area contributed by atoms with Crippen molar-refractivity contribution >= 4 is 5.69 Å². The van der Waals surface area contributed by atoms with E-state index in [1.165, 1.54) is 14.2 Å². The SMILES string of the molecule is COc1ccc(NCc2ccc(OC)c(C#N)c2)cc1O. The minimum absolute atomic E-state index is 0.0787. The van der Waals surface area contributed by atoms with Gasteiger partial charge in [0.1, 0.15) is 11.8 Å². The monoisotopic (exact) mass is 284 g/mol. The van der Waals surface area contributed by atoms with E-state index in [1.807, 2.05) is 12.1 Å². The van der Waals surface area contributed by atoms with E-state index in [0.717, 1.165) is 11.3 Å². The lowest BCUT2D eigenvalue weighted by molar-refractivity contribution is 0.373. The van der Waals surface area contributed by atoms with Gasteiger partial charge in [-0.3, -0.25) is 0 Å². The highest BCUT2D eigenvalue weighted by atomic mass is 16.5. The Labute approximate surface area is 123 Å². The molecule has 0 unspecified atom stereocenters. The van der Waals surface area contributed by atoms with E-state index in [9.17, 15) is 5.11 Å². The Morgan fingerprint density at radius 2 is 1.81 bits per heavy atom. The van der Waals surface area contributed by atoms with Gasteiger partial charge in [-0.25, -0.2) is 0 Å². The molecule has 2 N–H and O–H groups in total. The van der Waals surface area contributed by atoms with Crippen molar-refractivity contribution in [3.05, 3.63) is 47.5 Å². The third-order valence-electron chi connectivity index (χ3n) is 3.06. The van der Waals surface area contributed by atoms with Crippen molar-refractivity contribution in [1.29, 1.82) is 5.26 Å². The van der Waals surface area contributed by atoms with Crippen LogP contribution in [0.2, 0.25) is 0 Å². The highest BCUT2D eigenvalue weighted by molar-refractivity contribution is 5.54. The highest BCUT2D eigenvalue weighted by Gasteiger charge is 2.05. The lowest BCUT2D eigenvalue weighted by Gasteiger charge is -2.10. The number of ether oxygens (including phenoxy) is 2. The van der Waals surface area contributed by atoms with Gasteiger partial charge in [-0.2, -0.15) is 5.26 Å². The topological polar surface area (TPSA) is 74.5 Å². The van der Waals surface area contributed by atoms with Crippen LogP contribution in [-0.2, 0) is 6.54 Å². The summed E-state index contributed by atoms with van der Waals surface area (Å²) in [4.78, 5) is 0. The van der Waals surface area contributed by atoms with Gasteiger partial charge in [-0.05, 0) is 29.8 Å². The minimum atomic E-state index is 0.0787. The van der Waals surface area contributed by atoms with Gasteiger partial charge in [0.2, 0.25) is 0 Å². The minimum Gasteiger partial charge on any atom is -0.504 e. The Bertz CT molecular complexity index is 678. The first-order valence-electron chi connectivity index (χ1n) is 6.36. The fourth-order valence-corrected chi connectivity index (χ4v) is 1.96. The Kier molecular flexibility index (Phi) is 4.52. The Hall–Kier alpha value is -2.87. The molecule has 0 heterocycles. The number of phenolic OH excluding ortho intramolecular Hbond substituents is 1. The van der Waals surface area contributed by atoms with E-state index in [-0.39, 0.29) is 5.75 Å². The van der Waals surface area contributed by atoms with Gasteiger partial charge in [0, 0.05) is 18.3 Å². The van der Waals surface area contributed by atoms with Crippen LogP contribution in [0.15, 0.2) is 36.4 Å². The fourth-order valence-electron chi connectivity index (χ4n) is 1.96. The molecule has 0 saturated heterocycles. The summed E-state index contributed by atoms with van der Waals surface area (Å²) in [6, 6.07) is 12.6. The van der Waals surface area contributed by atoms with Gasteiger partial charge in [-0.1, -0.05) is 6.07 Å². The molecule has 0 amide bonds. The number of anilines is 1. The van der Waals surface area contributed by atoms with Gasteiger partial charge < -0.3 is 19.9 Å². The molecule has 0 aromatic heterocycles. The molecule has 0 fully saturated rings. The third kappa shape index (κ3) is 3.37. The van der Waals surface area contributed by atoms with Crippen molar-refractivity contribution in [3.8, 4) is 23.3 Å². The largest absolute Gasteiger partial charge is 0.504 e. The Morgan fingerprint density at radius 3 is 2.43 bits per heavy atom. The van der Waals surface area contributed by atoms with Crippen LogP contribution in [0, 0.1) is 11.3 Å². The molecular formula is C16H16N2O3. The highest BCUT2D eigenvalue weighted by Crippen LogP contribution is 2.29. The summed E-state index contributed by atoms with van der Waals surface area (Å²) in [7, 11) is 3.04. The summed E-state index contributed by atoms with van der Waals surface area (Å²) in [5, 5.41) is 21.9. The van der Waals surface area contributed by atoms with Crippen molar-refractivity contribution in [2.45, 2.75) is 6.54 Å². The number of methoxy groups -OCH3 is 2. The smallest absolute Gasteiger partial charge is 0.160 e. The summed E-state index contributed by atoms with van der Waals surface area (Å²) in [5.74, 6) is 1.06. The van der Waals surface area contributed by atoms with Gasteiger partial charge >= 0.3 is 0 Å². The van der Waals surface area contributed by atoms with Crippen molar-refractivity contribution < 1.29 is 14.6 Å². The number of hydrogen-bond donors (Lipinski definition) is 2. The molecule has 0 aliphatic heterocycles. The summed E-state index contributed by atoms with van der Waals surface area (Å²) in [5.41, 5.74) is 2.21. The normalized spacial score (nSPS) is 9.76. The second-order valence-corrected chi connectivity index (χ2v) is 4.39. The molecule has 2 rings (SSSR count). The molecule has 0 saturated carbocycles. The van der Waals surface area contributed by atoms with E-state index >= 15 is 0 Å². The first kappa shape index (κ1) is 14.5. The summed E-state index contributed by atoms with van der Waals surface area (Å²) < 4.78 is 10.1. The number of nitrogens with zero attached hydrogens (tertiary/aromatic N) is 1. The van der Waals surface area contributed by atoms with Crippen LogP contribution in [0.3, 0.4) is 0 Å². The molecule has 0 bridgehead atoms. The van der Waals surface area contributed by atoms with E-state index in [1.54, 1.807) is 24.3 Å². The van der Waals surface area contributed by atoms with Crippen molar-refractivity contribution in [1.82, 2.24) is 0 Å². The second kappa shape index (κ2) is 6.53. The van der Waals surface area contributed by atoms with Crippen LogP contribution < -0.4 is 14.8 Å². The summed E-state index contributed by atoms with van der Waals surface area (Å²) >= 11 is 0. The molecule has 0 spiro atoms. The molecule has 2 aromatic carbocycles. The van der Waals surface area contributed by atoms with Crippen LogP contribution >= 0.6 is 0 Å². The summed E-state index contributed by atoms with van der Waals surface area (Å²) in [6.07, 6.45) is 0. The average Bonchev–Trinajstić information content (AvgIpc) is 2.52. The molecule has 5 nitrogen and oxygen atoms in total. The van der Waals surface area contributed by atoms with Crippen LogP contribution in [0.25, 0.3) is 0 Å². The molecule has 0 atom stereocenters. The van der Waals surface area contributed by atoms with Crippen LogP contribution in [0.1, 0.15) is 11.1 Å². The van der Waals surface area contributed by atoms with Crippen LogP contribution in [-0.4, -0.2) is 19.3 Å². The van der Waals surface area contributed by atoms with E-state index in [0.29, 0.717) is 23.6 Å². The van der Waals surface area contributed by atoms with Gasteiger partial charge in [0.25, 0.3) is 0 Å². The molecule has 0 radical (unpaired) electrons. The van der Waals surface area contributed by atoms with Gasteiger partial charge in [-0.15, -0.1) is 0 Å². The maximum Gasteiger partial charge on any atom is 0.160 e. The first-order valence-corrected chi connectivity index (χ1v) is 6.36. The standard InChI is InChI=1S/C16H16N2O3/c1-20-15-5-3-11(7-12(15)9-17)10-18-13-4-6-16(21-2)14(19)8-13/h3-8,18-19H,10H2,1-2H3. The lowest BCUT2D eigenvalue weighted by Crippen LogP contribution is -2.00. The lowest BCUT2D eigenvalue weighted by atomic mass is 10.1. The number of phenols is 1. The van der Waals surface area contributed by atoms with Crippen molar-refractivity contribution in [2.75, 3.05) is 19.5 Å². The van der Waals surface area contributed by atoms with Gasteiger partial charge in [0.05, 0.1) is 19.8 Å². The quantitative estimate of drug-likeness (QED) is 0.883. The zero-order chi connectivity index (χ0) is 15.2. The molecule has 0 aliphatic carbocycles. The first-order chi connectivity index (χ1) is 10.2. The molecule has 5 heteroatoms. The number of aromatic hydroxyl groups is 1. The Balaban J connectivity index is 2.10. The summed E-state index contributed by atoms with van der Waals surface area (Å²) in [6.45, 7) is 0.532. The van der Waals surface area contributed by atoms with E-state index < -0.39 is 0 Å². The molecule has 0 aliphatic rings. The van der Waals surface area contributed by atoms with E-state index in [4.69, 9.17) is 14.7 Å². The third-order valence-corrected chi connectivity index (χ3v) is 3.06. The van der Waals surface area contributed by atoms with E-state index in [2.05, 4.69) is 11.4 Å². The van der Waals surface area contributed by atoms with Crippen molar-refractivity contribution in [2.24, 2.45) is 0 Å². The van der Waals surface area contributed by atoms with Crippen LogP contribution in [0.4, 0.5) is 5.69 Å². The predicted octanol–water partition coefficient (Wildman–Crippen LogP) is 2.89. The number of hydrogen-bond acceptors (Lipinski definition) is 5. The maximum absolute atomic E-state index is 9.71. The second-order valence-electron chi connectivity index (χ2n) is 4.39. The predicted molar refractivity (Wildman–Crippen MR) is 79.7 cm³/mol. The number of nitrogens with one attached hydrogen (secondary N) is 1. The zero-order valence-corrected chi connectivity index (χ0v) is 11.9. The number of benzene rings is 2. The average molecular weight is 284 g/mol. The number of nitriles is 1. The Morgan fingerprint density at radius 1 is 1.10 bits per heavy atom. The molecular weight excluding hydrogens is 268 g/mol. The van der Waals surface area contributed by atoms with Gasteiger partial charge in [0.15, 0.2) is 11.5 Å². The fraction of sp³-hybridized carbons (Fsp3) is 0.188. The zero-order valence-electron chi connectivity index (χ0n) is 11.9. The maximum atomic E-state index is 9.71. The molecule has 21 heavy (non-hydrogen) atoms. The number of rotatable bonds is 5. The van der Waals surface area contributed by atoms with Crippen LogP contribution in [0.5, 0.6) is 17.2 Å².